The van der Waals surface area contributed by atoms with Crippen LogP contribution in [0, 0.1) is 10.1 Å². The maximum Gasteiger partial charge on any atom is 0.270 e. The molecule has 1 fully saturated rings. The lowest BCUT2D eigenvalue weighted by Gasteiger charge is -2.29. The topological polar surface area (TPSA) is 153 Å². The predicted octanol–water partition coefficient (Wildman–Crippen LogP) is 2.79. The maximum absolute atomic E-state index is 13.7. The van der Waals surface area contributed by atoms with E-state index in [4.69, 9.17) is 14.2 Å². The zero-order valence-electron chi connectivity index (χ0n) is 22.4. The molecule has 1 aliphatic heterocycles. The van der Waals surface area contributed by atoms with Crippen molar-refractivity contribution in [3.05, 3.63) is 82.4 Å². The highest BCUT2D eigenvalue weighted by atomic mass is 32.2. The van der Waals surface area contributed by atoms with Crippen LogP contribution in [0.15, 0.2) is 76.7 Å². The van der Waals surface area contributed by atoms with Crippen molar-refractivity contribution in [2.45, 2.75) is 4.90 Å². The molecule has 41 heavy (non-hydrogen) atoms. The molecule has 0 spiro atoms. The summed E-state index contributed by atoms with van der Waals surface area (Å²) in [5, 5.41) is 15.4. The summed E-state index contributed by atoms with van der Waals surface area (Å²) in [6.07, 6.45) is 1.29. The van der Waals surface area contributed by atoms with Crippen LogP contribution in [-0.2, 0) is 19.6 Å². The lowest BCUT2D eigenvalue weighted by molar-refractivity contribution is -0.384. The Balaban J connectivity index is 1.63. The van der Waals surface area contributed by atoms with E-state index < -0.39 is 27.4 Å². The quantitative estimate of drug-likeness (QED) is 0.204. The highest BCUT2D eigenvalue weighted by molar-refractivity contribution is 7.92. The fraction of sp³-hybridized carbons (Fsp3) is 0.259. The first kappa shape index (κ1) is 29.3. The number of methoxy groups -OCH3 is 2. The lowest BCUT2D eigenvalue weighted by Crippen LogP contribution is -2.39. The Kier molecular flexibility index (Phi) is 9.37. The maximum atomic E-state index is 13.7. The zero-order valence-corrected chi connectivity index (χ0v) is 23.2. The molecule has 13 nitrogen and oxygen atoms in total. The summed E-state index contributed by atoms with van der Waals surface area (Å²) in [4.78, 5) is 25.9. The molecule has 14 heteroatoms. The number of nitro groups is 1. The van der Waals surface area contributed by atoms with Crippen LogP contribution >= 0.6 is 0 Å². The van der Waals surface area contributed by atoms with Crippen molar-refractivity contribution >= 4 is 39.2 Å². The largest absolute Gasteiger partial charge is 0.497 e. The number of hydrazone groups is 1. The molecule has 1 saturated heterocycles. The Bertz CT molecular complexity index is 1530. The summed E-state index contributed by atoms with van der Waals surface area (Å²) in [6.45, 7) is 1.52. The van der Waals surface area contributed by atoms with Gasteiger partial charge in [0.15, 0.2) is 0 Å². The minimum absolute atomic E-state index is 0.0343. The molecule has 0 aromatic heterocycles. The summed E-state index contributed by atoms with van der Waals surface area (Å²) in [6, 6.07) is 16.6. The zero-order chi connectivity index (χ0) is 29.4. The molecule has 0 saturated carbocycles. The standard InChI is InChI=1S/C27H29N5O8S/c1-38-22-9-11-26(39-2)25(17-22)31(41(36,37)23-6-4-3-5-7-23)19-27(33)29-28-18-20-16-21(32(34)35)8-10-24(20)30-12-14-40-15-13-30/h3-11,16-18H,12-15,19H2,1-2H3,(H,29,33)/b28-18-. The molecular formula is C27H29N5O8S. The number of anilines is 2. The first-order valence-electron chi connectivity index (χ1n) is 12.5. The Hall–Kier alpha value is -4.69. The number of nitro benzene ring substituents is 1. The van der Waals surface area contributed by atoms with Gasteiger partial charge in [0.05, 0.1) is 49.2 Å². The van der Waals surface area contributed by atoms with E-state index in [0.29, 0.717) is 43.3 Å². The van der Waals surface area contributed by atoms with Crippen LogP contribution in [-0.4, -0.2) is 72.5 Å². The van der Waals surface area contributed by atoms with Crippen LogP contribution in [0.3, 0.4) is 0 Å². The van der Waals surface area contributed by atoms with Crippen LogP contribution < -0.4 is 24.1 Å². The number of morpholine rings is 1. The summed E-state index contributed by atoms with van der Waals surface area (Å²) in [7, 11) is -1.41. The minimum Gasteiger partial charge on any atom is -0.497 e. The first-order chi connectivity index (χ1) is 19.7. The molecule has 4 rings (SSSR count). The molecule has 0 bridgehead atoms. The lowest BCUT2D eigenvalue weighted by atomic mass is 10.1. The van der Waals surface area contributed by atoms with Crippen LogP contribution in [0.5, 0.6) is 11.5 Å². The third-order valence-corrected chi connectivity index (χ3v) is 8.01. The minimum atomic E-state index is -4.23. The number of hydrogen-bond acceptors (Lipinski definition) is 10. The third-order valence-electron chi connectivity index (χ3n) is 6.24. The third kappa shape index (κ3) is 6.91. The number of benzene rings is 3. The number of carbonyl (C=O) groups is 1. The van der Waals surface area contributed by atoms with Crippen LogP contribution in [0.4, 0.5) is 17.1 Å². The van der Waals surface area contributed by atoms with Crippen molar-refractivity contribution in [1.29, 1.82) is 0 Å². The Morgan fingerprint density at radius 3 is 2.49 bits per heavy atom. The Morgan fingerprint density at radius 2 is 1.83 bits per heavy atom. The van der Waals surface area contributed by atoms with E-state index in [0.717, 1.165) is 4.31 Å². The van der Waals surface area contributed by atoms with Crippen molar-refractivity contribution in [1.82, 2.24) is 5.43 Å². The van der Waals surface area contributed by atoms with Gasteiger partial charge >= 0.3 is 0 Å². The normalized spacial score (nSPS) is 13.6. The van der Waals surface area contributed by atoms with E-state index in [-0.39, 0.29) is 22.0 Å². The highest BCUT2D eigenvalue weighted by Crippen LogP contribution is 2.35. The van der Waals surface area contributed by atoms with Crippen molar-refractivity contribution in [3.8, 4) is 11.5 Å². The molecule has 3 aromatic rings. The Morgan fingerprint density at radius 1 is 1.10 bits per heavy atom. The molecule has 1 heterocycles. The molecule has 0 atom stereocenters. The van der Waals surface area contributed by atoms with E-state index in [1.807, 2.05) is 4.90 Å². The van der Waals surface area contributed by atoms with Crippen molar-refractivity contribution in [2.75, 3.05) is 56.3 Å². The SMILES string of the molecule is COc1ccc(OC)c(N(CC(=O)N/N=C\c2cc([N+](=O)[O-])ccc2N2CCOCC2)S(=O)(=O)c2ccccc2)c1. The van der Waals surface area contributed by atoms with Crippen LogP contribution in [0.2, 0.25) is 0 Å². The first-order valence-corrected chi connectivity index (χ1v) is 13.9. The average Bonchev–Trinajstić information content (AvgIpc) is 3.00. The monoisotopic (exact) mass is 583 g/mol. The van der Waals surface area contributed by atoms with Gasteiger partial charge in [-0.2, -0.15) is 5.10 Å². The number of hydrogen-bond donors (Lipinski definition) is 1. The number of nitrogens with zero attached hydrogens (tertiary/aromatic N) is 4. The van der Waals surface area contributed by atoms with Gasteiger partial charge in [-0.3, -0.25) is 19.2 Å². The highest BCUT2D eigenvalue weighted by Gasteiger charge is 2.30. The number of nitrogens with one attached hydrogen (secondary N) is 1. The van der Waals surface area contributed by atoms with Crippen molar-refractivity contribution < 1.29 is 32.3 Å². The summed E-state index contributed by atoms with van der Waals surface area (Å²) in [5.41, 5.74) is 3.38. The van der Waals surface area contributed by atoms with E-state index in [2.05, 4.69) is 10.5 Å². The molecule has 0 unspecified atom stereocenters. The Labute approximate surface area is 237 Å². The fourth-order valence-corrected chi connectivity index (χ4v) is 5.65. The average molecular weight is 584 g/mol. The van der Waals surface area contributed by atoms with Crippen molar-refractivity contribution in [3.63, 3.8) is 0 Å². The van der Waals surface area contributed by atoms with E-state index in [1.165, 1.54) is 56.8 Å². The van der Waals surface area contributed by atoms with Gasteiger partial charge in [-0.25, -0.2) is 13.8 Å². The second-order valence-electron chi connectivity index (χ2n) is 8.76. The smallest absolute Gasteiger partial charge is 0.270 e. The number of sulfonamides is 1. The van der Waals surface area contributed by atoms with E-state index >= 15 is 0 Å². The molecule has 3 aromatic carbocycles. The second kappa shape index (κ2) is 13.1. The predicted molar refractivity (Wildman–Crippen MR) is 152 cm³/mol. The van der Waals surface area contributed by atoms with Gasteiger partial charge in [0.25, 0.3) is 21.6 Å². The molecule has 1 amide bonds. The summed E-state index contributed by atoms with van der Waals surface area (Å²) in [5.74, 6) is -0.203. The van der Waals surface area contributed by atoms with Gasteiger partial charge < -0.3 is 19.1 Å². The second-order valence-corrected chi connectivity index (χ2v) is 10.6. The van der Waals surface area contributed by atoms with Gasteiger partial charge in [0.1, 0.15) is 18.0 Å². The van der Waals surface area contributed by atoms with E-state index in [1.54, 1.807) is 30.3 Å². The van der Waals surface area contributed by atoms with Crippen LogP contribution in [0.1, 0.15) is 5.56 Å². The van der Waals surface area contributed by atoms with Gasteiger partial charge in [0.2, 0.25) is 0 Å². The summed E-state index contributed by atoms with van der Waals surface area (Å²) >= 11 is 0. The molecule has 1 N–H and O–H groups in total. The molecule has 0 radical (unpaired) electrons. The molecule has 0 aliphatic carbocycles. The van der Waals surface area contributed by atoms with E-state index in [9.17, 15) is 23.3 Å². The number of carbonyl (C=O) groups excluding carboxylic acids is 1. The van der Waals surface area contributed by atoms with Gasteiger partial charge in [-0.1, -0.05) is 18.2 Å². The van der Waals surface area contributed by atoms with Gasteiger partial charge in [-0.15, -0.1) is 0 Å². The molecule has 216 valence electrons. The number of rotatable bonds is 11. The number of amides is 1. The van der Waals surface area contributed by atoms with Gasteiger partial charge in [-0.05, 0) is 30.3 Å². The molecular weight excluding hydrogens is 554 g/mol. The molecule has 1 aliphatic rings. The van der Waals surface area contributed by atoms with Crippen LogP contribution in [0.25, 0.3) is 0 Å². The van der Waals surface area contributed by atoms with Gasteiger partial charge in [0, 0.05) is 42.5 Å². The number of non-ortho nitro benzene ring substituents is 1. The number of ether oxygens (including phenoxy) is 3. The van der Waals surface area contributed by atoms with Crippen molar-refractivity contribution in [2.24, 2.45) is 5.10 Å². The summed E-state index contributed by atoms with van der Waals surface area (Å²) < 4.78 is 44.3. The fourth-order valence-electron chi connectivity index (χ4n) is 4.20.